The van der Waals surface area contributed by atoms with Gasteiger partial charge in [0.1, 0.15) is 0 Å². The lowest BCUT2D eigenvalue weighted by Crippen LogP contribution is -2.12. The fourth-order valence-corrected chi connectivity index (χ4v) is 3.06. The van der Waals surface area contributed by atoms with Gasteiger partial charge in [0.25, 0.3) is 5.69 Å². The Morgan fingerprint density at radius 1 is 1.22 bits per heavy atom. The van der Waals surface area contributed by atoms with Crippen LogP contribution in [0.5, 0.6) is 0 Å². The zero-order valence-corrected chi connectivity index (χ0v) is 13.7. The average Bonchev–Trinajstić information content (AvgIpc) is 2.56. The quantitative estimate of drug-likeness (QED) is 0.223. The van der Waals surface area contributed by atoms with Gasteiger partial charge in [-0.25, -0.2) is 4.99 Å². The van der Waals surface area contributed by atoms with Crippen LogP contribution in [0.4, 0.5) is 11.4 Å². The SMILES string of the molecule is CSC(=Nc1ccccc1Sc1ccccc1[N+](=O)[O-])NC#N. The molecule has 23 heavy (non-hydrogen) atoms. The lowest BCUT2D eigenvalue weighted by atomic mass is 10.3. The summed E-state index contributed by atoms with van der Waals surface area (Å²) in [7, 11) is 0. The molecule has 0 aliphatic rings. The van der Waals surface area contributed by atoms with Crippen molar-refractivity contribution >= 4 is 40.1 Å². The fraction of sp³-hybridized carbons (Fsp3) is 0.0667. The van der Waals surface area contributed by atoms with Gasteiger partial charge in [-0.05, 0) is 24.5 Å². The van der Waals surface area contributed by atoms with Crippen molar-refractivity contribution in [3.05, 3.63) is 58.6 Å². The zero-order valence-electron chi connectivity index (χ0n) is 12.1. The third-order valence-corrected chi connectivity index (χ3v) is 4.44. The van der Waals surface area contributed by atoms with E-state index < -0.39 is 4.92 Å². The van der Waals surface area contributed by atoms with Crippen molar-refractivity contribution in [2.24, 2.45) is 4.99 Å². The molecule has 0 unspecified atom stereocenters. The third kappa shape index (κ3) is 4.48. The number of para-hydroxylation sites is 2. The van der Waals surface area contributed by atoms with Crippen molar-refractivity contribution in [1.82, 2.24) is 5.32 Å². The normalized spacial score (nSPS) is 10.9. The van der Waals surface area contributed by atoms with Crippen molar-refractivity contribution < 1.29 is 4.92 Å². The summed E-state index contributed by atoms with van der Waals surface area (Å²) in [6.07, 6.45) is 3.64. The topological polar surface area (TPSA) is 91.3 Å². The van der Waals surface area contributed by atoms with E-state index in [2.05, 4.69) is 10.3 Å². The number of nitrogens with one attached hydrogen (secondary N) is 1. The van der Waals surface area contributed by atoms with Gasteiger partial charge < -0.3 is 0 Å². The van der Waals surface area contributed by atoms with Crippen LogP contribution < -0.4 is 5.32 Å². The van der Waals surface area contributed by atoms with Crippen molar-refractivity contribution in [2.45, 2.75) is 9.79 Å². The summed E-state index contributed by atoms with van der Waals surface area (Å²) in [6.45, 7) is 0. The third-order valence-electron chi connectivity index (χ3n) is 2.73. The van der Waals surface area contributed by atoms with Crippen LogP contribution in [0.15, 0.2) is 63.3 Å². The highest BCUT2D eigenvalue weighted by molar-refractivity contribution is 8.13. The molecule has 0 heterocycles. The number of aliphatic imine (C=N–C) groups is 1. The predicted octanol–water partition coefficient (Wildman–Crippen LogP) is 4.17. The molecule has 0 saturated heterocycles. The largest absolute Gasteiger partial charge is 0.283 e. The Hall–Kier alpha value is -2.50. The molecule has 0 aliphatic carbocycles. The monoisotopic (exact) mass is 344 g/mol. The molecule has 0 atom stereocenters. The predicted molar refractivity (Wildman–Crippen MR) is 93.0 cm³/mol. The van der Waals surface area contributed by atoms with E-state index in [0.29, 0.717) is 15.8 Å². The van der Waals surface area contributed by atoms with Crippen LogP contribution in [-0.4, -0.2) is 16.3 Å². The van der Waals surface area contributed by atoms with E-state index in [4.69, 9.17) is 5.26 Å². The molecule has 8 heteroatoms. The highest BCUT2D eigenvalue weighted by atomic mass is 32.2. The molecule has 0 radical (unpaired) electrons. The Labute approximate surface area is 141 Å². The lowest BCUT2D eigenvalue weighted by molar-refractivity contribution is -0.387. The van der Waals surface area contributed by atoms with E-state index in [9.17, 15) is 10.1 Å². The van der Waals surface area contributed by atoms with Gasteiger partial charge in [-0.1, -0.05) is 47.8 Å². The number of nitro benzene ring substituents is 1. The number of amidine groups is 1. The highest BCUT2D eigenvalue weighted by Gasteiger charge is 2.15. The zero-order chi connectivity index (χ0) is 16.7. The molecule has 0 amide bonds. The van der Waals surface area contributed by atoms with Gasteiger partial charge in [0.15, 0.2) is 11.4 Å². The summed E-state index contributed by atoms with van der Waals surface area (Å²) in [6, 6.07) is 13.9. The summed E-state index contributed by atoms with van der Waals surface area (Å²) in [4.78, 5) is 16.4. The highest BCUT2D eigenvalue weighted by Crippen LogP contribution is 2.39. The number of rotatable bonds is 4. The first-order valence-corrected chi connectivity index (χ1v) is 8.48. The summed E-state index contributed by atoms with van der Waals surface area (Å²) in [5.74, 6) is 0. The van der Waals surface area contributed by atoms with E-state index in [1.165, 1.54) is 29.6 Å². The molecular formula is C15H12N4O2S2. The standard InChI is InChI=1S/C15H12N4O2S2/c1-22-15(17-10-16)18-11-6-2-4-8-13(11)23-14-9-5-3-7-12(14)19(20)21/h2-9H,1H3,(H,17,18). The number of hydrogen-bond donors (Lipinski definition) is 1. The summed E-state index contributed by atoms with van der Waals surface area (Å²) >= 11 is 2.58. The maximum absolute atomic E-state index is 11.1. The number of benzene rings is 2. The lowest BCUT2D eigenvalue weighted by Gasteiger charge is -2.07. The molecule has 2 aromatic carbocycles. The van der Waals surface area contributed by atoms with Crippen LogP contribution in [0.2, 0.25) is 0 Å². The van der Waals surface area contributed by atoms with Gasteiger partial charge in [0, 0.05) is 11.0 Å². The van der Waals surface area contributed by atoms with E-state index in [0.717, 1.165) is 4.90 Å². The van der Waals surface area contributed by atoms with Crippen LogP contribution in [0.3, 0.4) is 0 Å². The second-order valence-electron chi connectivity index (χ2n) is 4.15. The minimum Gasteiger partial charge on any atom is -0.271 e. The molecule has 0 aromatic heterocycles. The van der Waals surface area contributed by atoms with Crippen LogP contribution in [-0.2, 0) is 0 Å². The van der Waals surface area contributed by atoms with Crippen LogP contribution in [0.1, 0.15) is 0 Å². The molecule has 2 rings (SSSR count). The smallest absolute Gasteiger partial charge is 0.271 e. The summed E-state index contributed by atoms with van der Waals surface area (Å²) < 4.78 is 0. The van der Waals surface area contributed by atoms with E-state index >= 15 is 0 Å². The molecule has 0 fully saturated rings. The van der Waals surface area contributed by atoms with Crippen molar-refractivity contribution in [3.8, 4) is 6.19 Å². The molecule has 0 spiro atoms. The Morgan fingerprint density at radius 3 is 2.52 bits per heavy atom. The summed E-state index contributed by atoms with van der Waals surface area (Å²) in [5, 5.41) is 22.8. The maximum Gasteiger partial charge on any atom is 0.283 e. The fourth-order valence-electron chi connectivity index (χ4n) is 1.73. The summed E-state index contributed by atoms with van der Waals surface area (Å²) in [5.41, 5.74) is 0.694. The Balaban J connectivity index is 2.39. The molecule has 1 N–H and O–H groups in total. The molecule has 2 aromatic rings. The second kappa shape index (κ2) is 8.22. The first-order valence-electron chi connectivity index (χ1n) is 6.43. The van der Waals surface area contributed by atoms with Gasteiger partial charge in [0.05, 0.1) is 15.5 Å². The number of nitriles is 1. The van der Waals surface area contributed by atoms with Crippen LogP contribution in [0.25, 0.3) is 0 Å². The molecular weight excluding hydrogens is 332 g/mol. The molecule has 0 saturated carbocycles. The van der Waals surface area contributed by atoms with E-state index in [1.54, 1.807) is 30.5 Å². The van der Waals surface area contributed by atoms with E-state index in [-0.39, 0.29) is 5.69 Å². The Morgan fingerprint density at radius 2 is 1.87 bits per heavy atom. The van der Waals surface area contributed by atoms with Gasteiger partial charge >= 0.3 is 0 Å². The molecule has 6 nitrogen and oxygen atoms in total. The van der Waals surface area contributed by atoms with Gasteiger partial charge in [0.2, 0.25) is 0 Å². The number of nitro groups is 1. The Kier molecular flexibility index (Phi) is 6.02. The van der Waals surface area contributed by atoms with Crippen molar-refractivity contribution in [1.29, 1.82) is 5.26 Å². The molecule has 0 aliphatic heterocycles. The van der Waals surface area contributed by atoms with E-state index in [1.807, 2.05) is 24.4 Å². The number of hydrogen-bond acceptors (Lipinski definition) is 6. The molecule has 0 bridgehead atoms. The second-order valence-corrected chi connectivity index (χ2v) is 6.03. The first-order chi connectivity index (χ1) is 11.2. The number of nitrogens with zero attached hydrogens (tertiary/aromatic N) is 3. The van der Waals surface area contributed by atoms with Crippen molar-refractivity contribution in [2.75, 3.05) is 6.26 Å². The van der Waals surface area contributed by atoms with Gasteiger partial charge in [-0.3, -0.25) is 15.4 Å². The van der Waals surface area contributed by atoms with Crippen molar-refractivity contribution in [3.63, 3.8) is 0 Å². The first kappa shape index (κ1) is 16.9. The minimum atomic E-state index is -0.404. The maximum atomic E-state index is 11.1. The molecule has 116 valence electrons. The average molecular weight is 344 g/mol. The van der Waals surface area contributed by atoms with Crippen LogP contribution in [0, 0.1) is 21.6 Å². The van der Waals surface area contributed by atoms with Gasteiger partial charge in [-0.15, -0.1) is 0 Å². The van der Waals surface area contributed by atoms with Crippen LogP contribution >= 0.6 is 23.5 Å². The van der Waals surface area contributed by atoms with Gasteiger partial charge in [-0.2, -0.15) is 5.26 Å². The minimum absolute atomic E-state index is 0.0523. The Bertz CT molecular complexity index is 787. The number of thioether (sulfide) groups is 1.